The molecule has 2 aromatic carbocycles. The molecule has 1 N–H and O–H groups in total. The molecule has 9 nitrogen and oxygen atoms in total. The van der Waals surface area contributed by atoms with Crippen molar-refractivity contribution in [2.45, 2.75) is 52.1 Å². The second-order valence-electron chi connectivity index (χ2n) is 9.81. The van der Waals surface area contributed by atoms with Gasteiger partial charge in [-0.2, -0.15) is 18.1 Å². The molecule has 0 unspecified atom stereocenters. The van der Waals surface area contributed by atoms with E-state index in [9.17, 15) is 13.2 Å². The first-order valence-corrected chi connectivity index (χ1v) is 12.2. The van der Waals surface area contributed by atoms with Gasteiger partial charge in [-0.3, -0.25) is 0 Å². The summed E-state index contributed by atoms with van der Waals surface area (Å²) < 4.78 is 41.5. The molecule has 0 radical (unpaired) electrons. The quantitative estimate of drug-likeness (QED) is 0.529. The van der Waals surface area contributed by atoms with Crippen molar-refractivity contribution in [1.29, 1.82) is 0 Å². The lowest BCUT2D eigenvalue weighted by Gasteiger charge is -2.19. The van der Waals surface area contributed by atoms with Gasteiger partial charge < -0.3 is 13.4 Å². The SMILES string of the molecule is CC(C)(C)OC(=O)NS(=O)(=O)Oc1ccc([C@H]2[C@H](c3nc(-c4ccccc4)no3)C2(C)C)cc1. The molecular formula is C24H27N3O6S. The maximum absolute atomic E-state index is 12.1. The molecule has 1 heterocycles. The van der Waals surface area contributed by atoms with Gasteiger partial charge in [0.2, 0.25) is 11.7 Å². The van der Waals surface area contributed by atoms with Crippen LogP contribution in [0.2, 0.25) is 0 Å². The van der Waals surface area contributed by atoms with Crippen molar-refractivity contribution in [1.82, 2.24) is 14.9 Å². The Balaban J connectivity index is 1.44. The zero-order valence-electron chi connectivity index (χ0n) is 19.6. The van der Waals surface area contributed by atoms with Crippen LogP contribution in [0.15, 0.2) is 59.1 Å². The van der Waals surface area contributed by atoms with Gasteiger partial charge >= 0.3 is 16.4 Å². The third-order valence-electron chi connectivity index (χ3n) is 5.62. The molecule has 1 fully saturated rings. The van der Waals surface area contributed by atoms with Gasteiger partial charge in [-0.25, -0.2) is 4.79 Å². The summed E-state index contributed by atoms with van der Waals surface area (Å²) >= 11 is 0. The largest absolute Gasteiger partial charge is 0.443 e. The normalized spacial score (nSPS) is 19.3. The lowest BCUT2D eigenvalue weighted by atomic mass is 10.0. The summed E-state index contributed by atoms with van der Waals surface area (Å²) in [5.41, 5.74) is 0.914. The van der Waals surface area contributed by atoms with Crippen LogP contribution in [0, 0.1) is 5.41 Å². The van der Waals surface area contributed by atoms with Crippen molar-refractivity contribution in [3.05, 3.63) is 66.1 Å². The topological polar surface area (TPSA) is 121 Å². The molecule has 1 saturated carbocycles. The number of benzene rings is 2. The minimum absolute atomic E-state index is 0.0294. The summed E-state index contributed by atoms with van der Waals surface area (Å²) in [5.74, 6) is 1.32. The van der Waals surface area contributed by atoms with Crippen molar-refractivity contribution in [3.63, 3.8) is 0 Å². The molecule has 1 aromatic heterocycles. The summed E-state index contributed by atoms with van der Waals surface area (Å²) in [6, 6.07) is 16.3. The molecule has 4 rings (SSSR count). The van der Waals surface area contributed by atoms with Gasteiger partial charge in [-0.05, 0) is 43.9 Å². The fraction of sp³-hybridized carbons (Fsp3) is 0.375. The van der Waals surface area contributed by atoms with Crippen LogP contribution in [0.3, 0.4) is 0 Å². The van der Waals surface area contributed by atoms with E-state index >= 15 is 0 Å². The van der Waals surface area contributed by atoms with E-state index < -0.39 is 22.0 Å². The Morgan fingerprint density at radius 3 is 2.29 bits per heavy atom. The molecule has 0 bridgehead atoms. The van der Waals surface area contributed by atoms with Crippen molar-refractivity contribution < 1.29 is 26.7 Å². The molecular weight excluding hydrogens is 458 g/mol. The maximum Gasteiger partial charge on any atom is 0.424 e. The van der Waals surface area contributed by atoms with E-state index in [2.05, 4.69) is 24.0 Å². The highest BCUT2D eigenvalue weighted by Gasteiger charge is 2.62. The van der Waals surface area contributed by atoms with E-state index in [0.29, 0.717) is 11.7 Å². The molecule has 1 aliphatic rings. The van der Waals surface area contributed by atoms with Gasteiger partial charge in [0.15, 0.2) is 0 Å². The molecule has 0 aliphatic heterocycles. The molecule has 1 aliphatic carbocycles. The van der Waals surface area contributed by atoms with Crippen LogP contribution in [0.25, 0.3) is 11.4 Å². The van der Waals surface area contributed by atoms with Gasteiger partial charge in [-0.1, -0.05) is 61.5 Å². The van der Waals surface area contributed by atoms with Gasteiger partial charge in [0.05, 0.1) is 5.92 Å². The van der Waals surface area contributed by atoms with Crippen molar-refractivity contribution in [2.75, 3.05) is 0 Å². The second-order valence-corrected chi connectivity index (χ2v) is 11.1. The molecule has 0 saturated heterocycles. The van der Waals surface area contributed by atoms with Gasteiger partial charge in [0.1, 0.15) is 11.4 Å². The summed E-state index contributed by atoms with van der Waals surface area (Å²) in [4.78, 5) is 16.3. The molecule has 10 heteroatoms. The van der Waals surface area contributed by atoms with E-state index in [1.165, 1.54) is 0 Å². The molecule has 2 atom stereocenters. The van der Waals surface area contributed by atoms with Crippen LogP contribution in [0.4, 0.5) is 4.79 Å². The van der Waals surface area contributed by atoms with Crippen LogP contribution >= 0.6 is 0 Å². The first kappa shape index (κ1) is 23.7. The van der Waals surface area contributed by atoms with Crippen LogP contribution in [-0.4, -0.2) is 30.3 Å². The van der Waals surface area contributed by atoms with E-state index in [4.69, 9.17) is 13.4 Å². The first-order chi connectivity index (χ1) is 15.9. The average molecular weight is 486 g/mol. The predicted octanol–water partition coefficient (Wildman–Crippen LogP) is 4.79. The number of carbonyl (C=O) groups excluding carboxylic acids is 1. The number of hydrogen-bond donors (Lipinski definition) is 1. The predicted molar refractivity (Wildman–Crippen MR) is 124 cm³/mol. The van der Waals surface area contributed by atoms with Crippen LogP contribution in [0.5, 0.6) is 5.75 Å². The minimum Gasteiger partial charge on any atom is -0.443 e. The number of amides is 1. The van der Waals surface area contributed by atoms with Crippen molar-refractivity contribution in [2.24, 2.45) is 5.41 Å². The summed E-state index contributed by atoms with van der Waals surface area (Å²) in [6.07, 6.45) is -1.11. The van der Waals surface area contributed by atoms with Crippen molar-refractivity contribution >= 4 is 16.4 Å². The summed E-state index contributed by atoms with van der Waals surface area (Å²) in [7, 11) is -4.38. The fourth-order valence-electron chi connectivity index (χ4n) is 4.07. The lowest BCUT2D eigenvalue weighted by molar-refractivity contribution is 0.0567. The Hall–Kier alpha value is -3.40. The van der Waals surface area contributed by atoms with E-state index in [1.807, 2.05) is 30.3 Å². The van der Waals surface area contributed by atoms with Gasteiger partial charge in [-0.15, -0.1) is 0 Å². The minimum atomic E-state index is -4.38. The fourth-order valence-corrected chi connectivity index (χ4v) is 4.72. The molecule has 1 amide bonds. The number of aromatic nitrogens is 2. The Kier molecular flexibility index (Phi) is 5.89. The Morgan fingerprint density at radius 2 is 1.68 bits per heavy atom. The zero-order valence-corrected chi connectivity index (χ0v) is 20.4. The monoisotopic (exact) mass is 485 g/mol. The second kappa shape index (κ2) is 8.43. The van der Waals surface area contributed by atoms with Gasteiger partial charge in [0, 0.05) is 11.5 Å². The molecule has 180 valence electrons. The van der Waals surface area contributed by atoms with Crippen LogP contribution in [-0.2, 0) is 15.0 Å². The first-order valence-electron chi connectivity index (χ1n) is 10.8. The van der Waals surface area contributed by atoms with E-state index in [0.717, 1.165) is 11.1 Å². The summed E-state index contributed by atoms with van der Waals surface area (Å²) in [6.45, 7) is 9.12. The Morgan fingerprint density at radius 1 is 1.03 bits per heavy atom. The van der Waals surface area contributed by atoms with Gasteiger partial charge in [0.25, 0.3) is 0 Å². The van der Waals surface area contributed by atoms with E-state index in [-0.39, 0.29) is 23.0 Å². The number of nitrogens with one attached hydrogen (secondary N) is 1. The lowest BCUT2D eigenvalue weighted by Crippen LogP contribution is -2.38. The maximum atomic E-state index is 12.1. The highest BCUT2D eigenvalue weighted by Crippen LogP contribution is 2.69. The van der Waals surface area contributed by atoms with Crippen LogP contribution in [0.1, 0.15) is 57.9 Å². The summed E-state index contributed by atoms with van der Waals surface area (Å²) in [5, 5.41) is 4.12. The number of ether oxygens (including phenoxy) is 1. The smallest absolute Gasteiger partial charge is 0.424 e. The standard InChI is InChI=1S/C24H27N3O6S/c1-23(2,3)31-22(28)27-34(29,30)33-17-13-11-15(12-14-17)18-19(24(18,4)5)21-25-20(26-32-21)16-9-7-6-8-10-16/h6-14,18-19H,1-5H3,(H,27,28)/t18-,19+/m0/s1. The number of rotatable bonds is 6. The molecule has 34 heavy (non-hydrogen) atoms. The average Bonchev–Trinajstić information content (AvgIpc) is 3.06. The molecule has 0 spiro atoms. The Labute approximate surface area is 198 Å². The van der Waals surface area contributed by atoms with E-state index in [1.54, 1.807) is 49.8 Å². The highest BCUT2D eigenvalue weighted by atomic mass is 32.2. The van der Waals surface area contributed by atoms with Crippen LogP contribution < -0.4 is 8.91 Å². The highest BCUT2D eigenvalue weighted by molar-refractivity contribution is 7.85. The Bertz CT molecular complexity index is 1280. The number of carbonyl (C=O) groups is 1. The number of nitrogens with zero attached hydrogens (tertiary/aromatic N) is 2. The third-order valence-corrected chi connectivity index (χ3v) is 6.45. The molecule has 3 aromatic rings. The zero-order chi connectivity index (χ0) is 24.7. The number of hydrogen-bond acceptors (Lipinski definition) is 8. The third kappa shape index (κ3) is 5.22. The van der Waals surface area contributed by atoms with Crippen molar-refractivity contribution in [3.8, 4) is 17.1 Å².